The summed E-state index contributed by atoms with van der Waals surface area (Å²) in [5.41, 5.74) is 0. The maximum absolute atomic E-state index is 8.92. The molecule has 1 radical (unpaired) electrons. The summed E-state index contributed by atoms with van der Waals surface area (Å²) in [6.45, 7) is 1.03. The number of rotatable bonds is 1. The van der Waals surface area contributed by atoms with E-state index in [1.165, 1.54) is 0 Å². The van der Waals surface area contributed by atoms with Crippen molar-refractivity contribution in [2.75, 3.05) is 0 Å². The van der Waals surface area contributed by atoms with Crippen LogP contribution in [0.25, 0.3) is 0 Å². The highest BCUT2D eigenvalue weighted by Gasteiger charge is 1.58. The smallest absolute Gasteiger partial charge is 0.364 e. The average molecular weight is 69.0 g/mol. The van der Waals surface area contributed by atoms with Crippen molar-refractivity contribution < 1.29 is 9.53 Å². The maximum atomic E-state index is 8.92. The summed E-state index contributed by atoms with van der Waals surface area (Å²) >= 11 is 0. The highest BCUT2D eigenvalue weighted by molar-refractivity contribution is 5.40. The van der Waals surface area contributed by atoms with Crippen molar-refractivity contribution in [1.82, 2.24) is 0 Å². The van der Waals surface area contributed by atoms with Crippen LogP contribution in [0, 0.1) is 12.5 Å². The van der Waals surface area contributed by atoms with E-state index < -0.39 is 0 Å². The second kappa shape index (κ2) is 3.03. The Kier molecular flexibility index (Phi) is 2.44. The minimum Gasteiger partial charge on any atom is -0.364 e. The molecule has 0 unspecified atom stereocenters. The molecule has 0 aliphatic heterocycles. The van der Waals surface area contributed by atoms with E-state index >= 15 is 0 Å². The van der Waals surface area contributed by atoms with E-state index in [-0.39, 0.29) is 0 Å². The molecule has 0 aliphatic rings. The predicted octanol–water partition coefficient (Wildman–Crippen LogP) is -0.339. The number of hydrogen-bond acceptors (Lipinski definition) is 2. The van der Waals surface area contributed by atoms with Gasteiger partial charge in [-0.15, -0.1) is 0 Å². The molecule has 0 spiro atoms. The molecule has 25 valence electrons. The summed E-state index contributed by atoms with van der Waals surface area (Å²) in [4.78, 5) is 8.92. The third-order valence-corrected chi connectivity index (χ3v) is 0.101. The zero-order valence-electron chi connectivity index (χ0n) is 2.39. The molecule has 0 saturated carbocycles. The summed E-state index contributed by atoms with van der Waals surface area (Å²) in [6, 6.07) is 0. The zero-order chi connectivity index (χ0) is 4.12. The summed E-state index contributed by atoms with van der Waals surface area (Å²) < 4.78 is 3.56. The van der Waals surface area contributed by atoms with Gasteiger partial charge in [-0.3, -0.25) is 0 Å². The van der Waals surface area contributed by atoms with Gasteiger partial charge in [0.2, 0.25) is 0 Å². The first-order valence-electron chi connectivity index (χ1n) is 0.901. The Morgan fingerprint density at radius 3 is 2.40 bits per heavy atom. The van der Waals surface area contributed by atoms with Gasteiger partial charge in [-0.05, 0) is 0 Å². The summed E-state index contributed by atoms with van der Waals surface area (Å²) in [5, 5.41) is 0. The maximum Gasteiger partial charge on any atom is 0.432 e. The van der Waals surface area contributed by atoms with E-state index in [1.54, 1.807) is 6.11 Å². The van der Waals surface area contributed by atoms with Crippen LogP contribution in [0.4, 0.5) is 0 Å². The fourth-order valence-corrected chi connectivity index (χ4v) is 0.0241. The molecule has 0 rings (SSSR count). The number of carbonyl (C=O) groups excluding carboxylic acids is 1. The molecule has 0 saturated heterocycles. The lowest BCUT2D eigenvalue weighted by Crippen LogP contribution is -1.67. The van der Waals surface area contributed by atoms with Crippen molar-refractivity contribution >= 4 is 6.47 Å². The van der Waals surface area contributed by atoms with E-state index in [4.69, 9.17) is 4.79 Å². The molecule has 5 heavy (non-hydrogen) atoms. The minimum atomic E-state index is 1.03. The summed E-state index contributed by atoms with van der Waals surface area (Å²) in [7, 11) is 0. The number of terminal acetylenes is 1. The van der Waals surface area contributed by atoms with Gasteiger partial charge < -0.3 is 4.74 Å². The van der Waals surface area contributed by atoms with Crippen molar-refractivity contribution in [3.8, 4) is 12.5 Å². The fourth-order valence-electron chi connectivity index (χ4n) is 0.0241. The molecular formula is C3HO2. The Hall–Kier alpha value is -0.970. The van der Waals surface area contributed by atoms with Gasteiger partial charge in [0, 0.05) is 0 Å². The second-order valence-electron chi connectivity index (χ2n) is 0.303. The van der Waals surface area contributed by atoms with Crippen LogP contribution in [-0.2, 0) is 9.53 Å². The van der Waals surface area contributed by atoms with Gasteiger partial charge in [-0.2, -0.15) is 0 Å². The predicted molar refractivity (Wildman–Crippen MR) is 15.6 cm³/mol. The van der Waals surface area contributed by atoms with Crippen LogP contribution in [0.1, 0.15) is 0 Å². The second-order valence-corrected chi connectivity index (χ2v) is 0.303. The SMILES string of the molecule is C#CO[C]=O. The molecule has 0 atom stereocenters. The van der Waals surface area contributed by atoms with Crippen LogP contribution in [0.15, 0.2) is 0 Å². The first kappa shape index (κ1) is 4.03. The normalized spacial score (nSPS) is 4.60. The van der Waals surface area contributed by atoms with E-state index in [2.05, 4.69) is 11.2 Å². The summed E-state index contributed by atoms with van der Waals surface area (Å²) in [6.07, 6.45) is 6.00. The van der Waals surface area contributed by atoms with Crippen molar-refractivity contribution in [3.05, 3.63) is 0 Å². The molecule has 0 fully saturated rings. The molecule has 0 N–H and O–H groups in total. The molecule has 0 aliphatic carbocycles. The molecule has 2 nitrogen and oxygen atoms in total. The lowest BCUT2D eigenvalue weighted by atomic mass is 11.3. The van der Waals surface area contributed by atoms with Gasteiger partial charge in [0.25, 0.3) is 0 Å². The van der Waals surface area contributed by atoms with Gasteiger partial charge in [0.1, 0.15) is 6.11 Å². The number of hydrogen-bond donors (Lipinski definition) is 0. The number of ether oxygens (including phenoxy) is 1. The van der Waals surface area contributed by atoms with Crippen molar-refractivity contribution in [2.45, 2.75) is 0 Å². The van der Waals surface area contributed by atoms with E-state index in [9.17, 15) is 0 Å². The van der Waals surface area contributed by atoms with Gasteiger partial charge in [0.15, 0.2) is 0 Å². The lowest BCUT2D eigenvalue weighted by molar-refractivity contribution is 0.421. The Labute approximate surface area is 29.7 Å². The van der Waals surface area contributed by atoms with Crippen LogP contribution in [-0.4, -0.2) is 6.47 Å². The first-order valence-corrected chi connectivity index (χ1v) is 0.901. The molecule has 0 amide bonds. The van der Waals surface area contributed by atoms with Crippen LogP contribution >= 0.6 is 0 Å². The van der Waals surface area contributed by atoms with Gasteiger partial charge >= 0.3 is 6.47 Å². The molecule has 2 heteroatoms. The van der Waals surface area contributed by atoms with E-state index in [0.29, 0.717) is 0 Å². The first-order chi connectivity index (χ1) is 2.41. The fraction of sp³-hybridized carbons (Fsp3) is 0. The van der Waals surface area contributed by atoms with Gasteiger partial charge in [0.05, 0.1) is 0 Å². The standard InChI is InChI=1S/C3HO2/c1-2-5-3-4/h1H. The Morgan fingerprint density at radius 2 is 2.40 bits per heavy atom. The molecule has 0 aromatic rings. The van der Waals surface area contributed by atoms with Crippen molar-refractivity contribution in [2.24, 2.45) is 0 Å². The van der Waals surface area contributed by atoms with Crippen LogP contribution < -0.4 is 0 Å². The Morgan fingerprint density at radius 1 is 1.80 bits per heavy atom. The molecule has 0 aromatic heterocycles. The Bertz CT molecular complexity index is 59.8. The van der Waals surface area contributed by atoms with Gasteiger partial charge in [-0.1, -0.05) is 6.42 Å². The van der Waals surface area contributed by atoms with Gasteiger partial charge in [-0.25, -0.2) is 4.79 Å². The van der Waals surface area contributed by atoms with E-state index in [0.717, 1.165) is 6.47 Å². The highest BCUT2D eigenvalue weighted by atomic mass is 16.5. The van der Waals surface area contributed by atoms with E-state index in [1.807, 2.05) is 0 Å². The zero-order valence-corrected chi connectivity index (χ0v) is 2.39. The van der Waals surface area contributed by atoms with Crippen LogP contribution in [0.5, 0.6) is 0 Å². The third kappa shape index (κ3) is 3.03. The van der Waals surface area contributed by atoms with Crippen LogP contribution in [0.3, 0.4) is 0 Å². The topological polar surface area (TPSA) is 26.3 Å². The van der Waals surface area contributed by atoms with Crippen molar-refractivity contribution in [1.29, 1.82) is 0 Å². The Balaban J connectivity index is 2.75. The quantitative estimate of drug-likeness (QED) is 0.394. The van der Waals surface area contributed by atoms with Crippen molar-refractivity contribution in [3.63, 3.8) is 0 Å². The molecular weight excluding hydrogens is 68.0 g/mol. The average Bonchev–Trinajstić information content (AvgIpc) is 1.41. The third-order valence-electron chi connectivity index (χ3n) is 0.101. The minimum absolute atomic E-state index is 1.03. The molecule has 0 bridgehead atoms. The molecule has 0 aromatic carbocycles. The van der Waals surface area contributed by atoms with Crippen LogP contribution in [0.2, 0.25) is 0 Å². The highest BCUT2D eigenvalue weighted by Crippen LogP contribution is 1.46. The lowest BCUT2D eigenvalue weighted by Gasteiger charge is -1.62. The summed E-state index contributed by atoms with van der Waals surface area (Å²) in [5.74, 6) is 0. The molecule has 0 heterocycles. The largest absolute Gasteiger partial charge is 0.432 e. The monoisotopic (exact) mass is 69.0 g/mol.